The van der Waals surface area contributed by atoms with Gasteiger partial charge < -0.3 is 14.8 Å². The van der Waals surface area contributed by atoms with Gasteiger partial charge in [-0.3, -0.25) is 14.8 Å². The van der Waals surface area contributed by atoms with Crippen molar-refractivity contribution in [2.45, 2.75) is 6.54 Å². The van der Waals surface area contributed by atoms with Crippen molar-refractivity contribution in [3.63, 3.8) is 0 Å². The van der Waals surface area contributed by atoms with Gasteiger partial charge in [0.05, 0.1) is 37.9 Å². The first-order chi connectivity index (χ1) is 15.7. The third-order valence-corrected chi connectivity index (χ3v) is 5.96. The second-order valence-corrected chi connectivity index (χ2v) is 8.07. The van der Waals surface area contributed by atoms with Crippen LogP contribution in [0.5, 0.6) is 11.5 Å². The number of hydrazone groups is 1. The molecule has 1 N–H and O–H groups in total. The van der Waals surface area contributed by atoms with Gasteiger partial charge >= 0.3 is 0 Å². The number of pyridine rings is 1. The first kappa shape index (κ1) is 21.7. The van der Waals surface area contributed by atoms with Crippen LogP contribution in [-0.2, 0) is 6.54 Å². The summed E-state index contributed by atoms with van der Waals surface area (Å²) < 4.78 is 10.8. The zero-order valence-corrected chi connectivity index (χ0v) is 18.8. The van der Waals surface area contributed by atoms with E-state index in [0.717, 1.165) is 34.2 Å². The molecule has 32 heavy (non-hydrogen) atoms. The van der Waals surface area contributed by atoms with Gasteiger partial charge in [-0.25, -0.2) is 0 Å². The Balaban J connectivity index is 1.53. The highest BCUT2D eigenvalue weighted by Crippen LogP contribution is 2.30. The molecule has 164 valence electrons. The number of anilines is 1. The van der Waals surface area contributed by atoms with E-state index in [9.17, 15) is 4.79 Å². The van der Waals surface area contributed by atoms with Crippen molar-refractivity contribution in [2.24, 2.45) is 5.10 Å². The van der Waals surface area contributed by atoms with E-state index in [4.69, 9.17) is 14.6 Å². The van der Waals surface area contributed by atoms with Crippen LogP contribution in [0.2, 0.25) is 0 Å². The normalized spacial score (nSPS) is 13.3. The van der Waals surface area contributed by atoms with Crippen molar-refractivity contribution < 1.29 is 14.3 Å². The van der Waals surface area contributed by atoms with Crippen LogP contribution in [0.3, 0.4) is 0 Å². The van der Waals surface area contributed by atoms with E-state index in [0.29, 0.717) is 23.6 Å². The molecule has 0 saturated carbocycles. The molecule has 3 aromatic rings. The van der Waals surface area contributed by atoms with Gasteiger partial charge in [0.1, 0.15) is 0 Å². The number of nitrogens with zero attached hydrogens (tertiary/aromatic N) is 3. The number of ether oxygens (including phenoxy) is 2. The molecule has 0 radical (unpaired) electrons. The van der Waals surface area contributed by atoms with Crippen LogP contribution >= 0.6 is 11.8 Å². The number of hydrogen-bond acceptors (Lipinski definition) is 7. The van der Waals surface area contributed by atoms with Crippen LogP contribution in [0.1, 0.15) is 21.5 Å². The molecule has 1 aliphatic rings. The van der Waals surface area contributed by atoms with Crippen LogP contribution < -0.4 is 14.8 Å². The third-order valence-electron chi connectivity index (χ3n) is 5.00. The maximum atomic E-state index is 12.6. The third kappa shape index (κ3) is 5.03. The maximum absolute atomic E-state index is 12.6. The lowest BCUT2D eigenvalue weighted by molar-refractivity contribution is 0.102. The molecule has 4 rings (SSSR count). The second kappa shape index (κ2) is 10.2. The number of aromatic nitrogens is 1. The molecule has 7 nitrogen and oxygen atoms in total. The van der Waals surface area contributed by atoms with E-state index in [2.05, 4.69) is 10.3 Å². The van der Waals surface area contributed by atoms with Crippen LogP contribution in [-0.4, -0.2) is 47.5 Å². The number of carbonyl (C=O) groups excluding carboxylic acids is 1. The molecule has 0 atom stereocenters. The predicted molar refractivity (Wildman–Crippen MR) is 128 cm³/mol. The number of thioether (sulfide) groups is 1. The molecule has 0 saturated heterocycles. The first-order valence-corrected chi connectivity index (χ1v) is 11.2. The molecule has 8 heteroatoms. The number of benzene rings is 2. The lowest BCUT2D eigenvalue weighted by Gasteiger charge is -2.26. The number of methoxy groups -OCH3 is 2. The van der Waals surface area contributed by atoms with E-state index in [-0.39, 0.29) is 5.91 Å². The van der Waals surface area contributed by atoms with Gasteiger partial charge in [0, 0.05) is 29.4 Å². The van der Waals surface area contributed by atoms with E-state index in [1.165, 1.54) is 0 Å². The average Bonchev–Trinajstić information content (AvgIpc) is 2.85. The van der Waals surface area contributed by atoms with Gasteiger partial charge in [-0.2, -0.15) is 5.10 Å². The predicted octanol–water partition coefficient (Wildman–Crippen LogP) is 4.26. The molecular weight excluding hydrogens is 424 g/mol. The number of rotatable bonds is 7. The maximum Gasteiger partial charge on any atom is 0.257 e. The van der Waals surface area contributed by atoms with Gasteiger partial charge in [-0.15, -0.1) is 11.8 Å². The Labute approximate surface area is 191 Å². The number of nitrogens with one attached hydrogen (secondary N) is 1. The Morgan fingerprint density at radius 1 is 1.09 bits per heavy atom. The second-order valence-electron chi connectivity index (χ2n) is 7.11. The van der Waals surface area contributed by atoms with E-state index in [1.807, 2.05) is 47.5 Å². The zero-order chi connectivity index (χ0) is 22.3. The summed E-state index contributed by atoms with van der Waals surface area (Å²) in [4.78, 5) is 16.6. The molecule has 0 bridgehead atoms. The molecule has 0 aliphatic carbocycles. The molecular formula is C24H24N4O3S. The van der Waals surface area contributed by atoms with Crippen LogP contribution in [0.25, 0.3) is 0 Å². The SMILES string of the molecule is COc1ccc(C2=NN(Cc3ccccc3NC(=O)c3cccnc3)CSC2)cc1OC. The van der Waals surface area contributed by atoms with E-state index in [1.54, 1.807) is 50.5 Å². The summed E-state index contributed by atoms with van der Waals surface area (Å²) in [5.41, 5.74) is 4.24. The number of hydrogen-bond donors (Lipinski definition) is 1. The highest BCUT2D eigenvalue weighted by molar-refractivity contribution is 8.00. The Kier molecular flexibility index (Phi) is 6.91. The molecule has 1 aliphatic heterocycles. The quantitative estimate of drug-likeness (QED) is 0.582. The topological polar surface area (TPSA) is 76.0 Å². The summed E-state index contributed by atoms with van der Waals surface area (Å²) in [6.45, 7) is 0.577. The van der Waals surface area contributed by atoms with Crippen molar-refractivity contribution in [1.82, 2.24) is 9.99 Å². The molecule has 2 heterocycles. The Bertz CT molecular complexity index is 1120. The summed E-state index contributed by atoms with van der Waals surface area (Å²) in [5.74, 6) is 2.76. The van der Waals surface area contributed by atoms with Crippen LogP contribution in [0.4, 0.5) is 5.69 Å². The van der Waals surface area contributed by atoms with Crippen molar-refractivity contribution >= 4 is 29.1 Å². The summed E-state index contributed by atoms with van der Waals surface area (Å²) in [7, 11) is 3.25. The average molecular weight is 449 g/mol. The molecule has 1 amide bonds. The lowest BCUT2D eigenvalue weighted by Crippen LogP contribution is -2.26. The summed E-state index contributed by atoms with van der Waals surface area (Å²) in [6.07, 6.45) is 3.20. The standard InChI is InChI=1S/C24H24N4O3S/c1-30-22-10-9-17(12-23(22)31-2)21-15-32-16-28(27-21)14-19-6-3-4-8-20(19)26-24(29)18-7-5-11-25-13-18/h3-13H,14-16H2,1-2H3,(H,26,29). The first-order valence-electron chi connectivity index (χ1n) is 10.1. The minimum absolute atomic E-state index is 0.187. The molecule has 2 aromatic carbocycles. The van der Waals surface area contributed by atoms with Gasteiger partial charge in [0.25, 0.3) is 5.91 Å². The monoisotopic (exact) mass is 448 g/mol. The Hall–Kier alpha value is -3.52. The minimum Gasteiger partial charge on any atom is -0.493 e. The van der Waals surface area contributed by atoms with Gasteiger partial charge in [-0.05, 0) is 42.0 Å². The molecule has 0 unspecified atom stereocenters. The highest BCUT2D eigenvalue weighted by atomic mass is 32.2. The number of para-hydroxylation sites is 1. The van der Waals surface area contributed by atoms with Crippen molar-refractivity contribution in [3.05, 3.63) is 83.7 Å². The fourth-order valence-corrected chi connectivity index (χ4v) is 4.25. The highest BCUT2D eigenvalue weighted by Gasteiger charge is 2.18. The van der Waals surface area contributed by atoms with Crippen molar-refractivity contribution in [1.29, 1.82) is 0 Å². The zero-order valence-electron chi connectivity index (χ0n) is 17.9. The van der Waals surface area contributed by atoms with Gasteiger partial charge in [0.15, 0.2) is 11.5 Å². The lowest BCUT2D eigenvalue weighted by atomic mass is 10.1. The molecule has 1 aromatic heterocycles. The van der Waals surface area contributed by atoms with Crippen molar-refractivity contribution in [2.75, 3.05) is 31.2 Å². The van der Waals surface area contributed by atoms with E-state index < -0.39 is 0 Å². The summed E-state index contributed by atoms with van der Waals surface area (Å²) >= 11 is 1.79. The van der Waals surface area contributed by atoms with Gasteiger partial charge in [0.2, 0.25) is 0 Å². The Morgan fingerprint density at radius 2 is 1.94 bits per heavy atom. The smallest absolute Gasteiger partial charge is 0.257 e. The minimum atomic E-state index is -0.187. The fourth-order valence-electron chi connectivity index (χ4n) is 3.38. The van der Waals surface area contributed by atoms with Crippen LogP contribution in [0.15, 0.2) is 72.1 Å². The fraction of sp³-hybridized carbons (Fsp3) is 0.208. The summed E-state index contributed by atoms with van der Waals surface area (Å²) in [5, 5.41) is 9.87. The van der Waals surface area contributed by atoms with Gasteiger partial charge in [-0.1, -0.05) is 18.2 Å². The van der Waals surface area contributed by atoms with Crippen LogP contribution in [0, 0.1) is 0 Å². The van der Waals surface area contributed by atoms with E-state index >= 15 is 0 Å². The largest absolute Gasteiger partial charge is 0.493 e. The number of carbonyl (C=O) groups is 1. The molecule has 0 fully saturated rings. The molecule has 0 spiro atoms. The number of amides is 1. The van der Waals surface area contributed by atoms with Crippen molar-refractivity contribution in [3.8, 4) is 11.5 Å². The Morgan fingerprint density at radius 3 is 2.72 bits per heavy atom. The summed E-state index contributed by atoms with van der Waals surface area (Å²) in [6, 6.07) is 17.1.